The van der Waals surface area contributed by atoms with Gasteiger partial charge >= 0.3 is 0 Å². The first-order valence-corrected chi connectivity index (χ1v) is 6.74. The molecule has 0 bridgehead atoms. The standard InChI is InChI=1S/C16H24O2/c1-4-5-6-7-8-9-13(2)15-12-14(18-3)10-11-16(15)17/h10-12,17H,2,4-9H2,1,3H3. The first-order chi connectivity index (χ1) is 8.69. The molecule has 0 unspecified atom stereocenters. The molecule has 0 amide bonds. The molecule has 0 spiro atoms. The number of hydrogen-bond acceptors (Lipinski definition) is 2. The van der Waals surface area contributed by atoms with Crippen molar-refractivity contribution in [2.75, 3.05) is 7.11 Å². The summed E-state index contributed by atoms with van der Waals surface area (Å²) in [6.07, 6.45) is 7.15. The predicted octanol–water partition coefficient (Wildman–Crippen LogP) is 4.77. The number of phenolic OH excluding ortho intramolecular Hbond substituents is 1. The molecule has 1 rings (SSSR count). The number of methoxy groups -OCH3 is 1. The number of aromatic hydroxyl groups is 1. The summed E-state index contributed by atoms with van der Waals surface area (Å²) < 4.78 is 5.17. The Morgan fingerprint density at radius 1 is 1.22 bits per heavy atom. The smallest absolute Gasteiger partial charge is 0.123 e. The zero-order chi connectivity index (χ0) is 13.4. The zero-order valence-electron chi connectivity index (χ0n) is 11.5. The minimum Gasteiger partial charge on any atom is -0.507 e. The Kier molecular flexibility index (Phi) is 6.34. The van der Waals surface area contributed by atoms with Crippen molar-refractivity contribution in [3.63, 3.8) is 0 Å². The molecule has 18 heavy (non-hydrogen) atoms. The van der Waals surface area contributed by atoms with Crippen molar-refractivity contribution in [2.45, 2.75) is 45.4 Å². The van der Waals surface area contributed by atoms with E-state index in [9.17, 15) is 5.11 Å². The van der Waals surface area contributed by atoms with Crippen LogP contribution in [0.3, 0.4) is 0 Å². The van der Waals surface area contributed by atoms with E-state index in [2.05, 4.69) is 13.5 Å². The highest BCUT2D eigenvalue weighted by atomic mass is 16.5. The van der Waals surface area contributed by atoms with Crippen molar-refractivity contribution < 1.29 is 9.84 Å². The lowest BCUT2D eigenvalue weighted by Crippen LogP contribution is -1.89. The van der Waals surface area contributed by atoms with E-state index in [0.29, 0.717) is 0 Å². The van der Waals surface area contributed by atoms with Gasteiger partial charge in [-0.25, -0.2) is 0 Å². The zero-order valence-corrected chi connectivity index (χ0v) is 11.5. The highest BCUT2D eigenvalue weighted by Crippen LogP contribution is 2.31. The van der Waals surface area contributed by atoms with Crippen LogP contribution < -0.4 is 4.74 Å². The van der Waals surface area contributed by atoms with Gasteiger partial charge in [0.25, 0.3) is 0 Å². The number of benzene rings is 1. The van der Waals surface area contributed by atoms with Gasteiger partial charge in [0.15, 0.2) is 0 Å². The Hall–Kier alpha value is -1.44. The predicted molar refractivity (Wildman–Crippen MR) is 77.1 cm³/mol. The van der Waals surface area contributed by atoms with E-state index in [1.165, 1.54) is 25.7 Å². The molecule has 0 aliphatic heterocycles. The summed E-state index contributed by atoms with van der Waals surface area (Å²) in [7, 11) is 1.63. The molecule has 0 radical (unpaired) electrons. The van der Waals surface area contributed by atoms with E-state index in [1.807, 2.05) is 6.07 Å². The van der Waals surface area contributed by atoms with E-state index in [1.54, 1.807) is 19.2 Å². The molecule has 0 saturated carbocycles. The quantitative estimate of drug-likeness (QED) is 0.671. The van der Waals surface area contributed by atoms with Gasteiger partial charge in [-0.2, -0.15) is 0 Å². The van der Waals surface area contributed by atoms with Crippen molar-refractivity contribution in [3.05, 3.63) is 30.3 Å². The van der Waals surface area contributed by atoms with Gasteiger partial charge < -0.3 is 9.84 Å². The van der Waals surface area contributed by atoms with E-state index in [0.717, 1.165) is 29.7 Å². The number of hydrogen-bond donors (Lipinski definition) is 1. The summed E-state index contributed by atoms with van der Waals surface area (Å²) in [6.45, 7) is 6.28. The van der Waals surface area contributed by atoms with Crippen LogP contribution in [0.1, 0.15) is 51.0 Å². The highest BCUT2D eigenvalue weighted by molar-refractivity contribution is 5.69. The van der Waals surface area contributed by atoms with Gasteiger partial charge in [0.1, 0.15) is 11.5 Å². The molecule has 0 saturated heterocycles. The third-order valence-electron chi connectivity index (χ3n) is 3.17. The van der Waals surface area contributed by atoms with Crippen LogP contribution in [0.5, 0.6) is 11.5 Å². The lowest BCUT2D eigenvalue weighted by atomic mass is 9.99. The molecule has 1 N–H and O–H groups in total. The number of phenols is 1. The number of allylic oxidation sites excluding steroid dienone is 1. The molecular weight excluding hydrogens is 224 g/mol. The Labute approximate surface area is 110 Å². The van der Waals surface area contributed by atoms with E-state index in [4.69, 9.17) is 4.74 Å². The summed E-state index contributed by atoms with van der Waals surface area (Å²) in [5.74, 6) is 1.05. The average Bonchev–Trinajstić information content (AvgIpc) is 2.39. The summed E-state index contributed by atoms with van der Waals surface area (Å²) in [6, 6.07) is 5.27. The van der Waals surface area contributed by atoms with Crippen LogP contribution in [0.15, 0.2) is 24.8 Å². The minimum absolute atomic E-state index is 0.286. The van der Waals surface area contributed by atoms with Gasteiger partial charge in [-0.05, 0) is 36.6 Å². The lowest BCUT2D eigenvalue weighted by molar-refractivity contribution is 0.412. The van der Waals surface area contributed by atoms with E-state index < -0.39 is 0 Å². The van der Waals surface area contributed by atoms with Crippen LogP contribution in [0.2, 0.25) is 0 Å². The van der Waals surface area contributed by atoms with Crippen molar-refractivity contribution >= 4 is 5.57 Å². The fraction of sp³-hybridized carbons (Fsp3) is 0.500. The largest absolute Gasteiger partial charge is 0.507 e. The molecule has 100 valence electrons. The second-order valence-corrected chi connectivity index (χ2v) is 4.65. The van der Waals surface area contributed by atoms with Gasteiger partial charge in [0, 0.05) is 5.56 Å². The first kappa shape index (κ1) is 14.6. The molecule has 0 fully saturated rings. The van der Waals surface area contributed by atoms with Crippen LogP contribution in [-0.4, -0.2) is 12.2 Å². The Morgan fingerprint density at radius 3 is 2.61 bits per heavy atom. The second-order valence-electron chi connectivity index (χ2n) is 4.65. The second kappa shape index (κ2) is 7.80. The SMILES string of the molecule is C=C(CCCCCCC)c1cc(OC)ccc1O. The van der Waals surface area contributed by atoms with Crippen LogP contribution in [0.25, 0.3) is 5.57 Å². The third kappa shape index (κ3) is 4.44. The molecule has 2 nitrogen and oxygen atoms in total. The minimum atomic E-state index is 0.286. The summed E-state index contributed by atoms with van der Waals surface area (Å²) in [4.78, 5) is 0. The van der Waals surface area contributed by atoms with Crippen molar-refractivity contribution in [2.24, 2.45) is 0 Å². The monoisotopic (exact) mass is 248 g/mol. The van der Waals surface area contributed by atoms with E-state index >= 15 is 0 Å². The van der Waals surface area contributed by atoms with Gasteiger partial charge in [-0.1, -0.05) is 39.2 Å². The summed E-state index contributed by atoms with van der Waals surface area (Å²) >= 11 is 0. The van der Waals surface area contributed by atoms with Crippen LogP contribution in [0, 0.1) is 0 Å². The molecule has 0 aliphatic rings. The van der Waals surface area contributed by atoms with Gasteiger partial charge in [-0.3, -0.25) is 0 Å². The maximum absolute atomic E-state index is 9.83. The van der Waals surface area contributed by atoms with Gasteiger partial charge in [-0.15, -0.1) is 0 Å². The molecule has 1 aromatic carbocycles. The topological polar surface area (TPSA) is 29.5 Å². The van der Waals surface area contributed by atoms with Crippen molar-refractivity contribution in [3.8, 4) is 11.5 Å². The lowest BCUT2D eigenvalue weighted by Gasteiger charge is -2.10. The number of ether oxygens (including phenoxy) is 1. The van der Waals surface area contributed by atoms with Crippen LogP contribution in [-0.2, 0) is 0 Å². The number of rotatable bonds is 8. The maximum atomic E-state index is 9.83. The maximum Gasteiger partial charge on any atom is 0.123 e. The molecule has 2 heteroatoms. The normalized spacial score (nSPS) is 10.3. The average molecular weight is 248 g/mol. The molecule has 0 atom stereocenters. The highest BCUT2D eigenvalue weighted by Gasteiger charge is 2.06. The Morgan fingerprint density at radius 2 is 1.94 bits per heavy atom. The molecule has 0 aromatic heterocycles. The Balaban J connectivity index is 2.50. The fourth-order valence-electron chi connectivity index (χ4n) is 2.00. The van der Waals surface area contributed by atoms with Crippen molar-refractivity contribution in [1.29, 1.82) is 0 Å². The molecule has 0 aliphatic carbocycles. The summed E-state index contributed by atoms with van der Waals surface area (Å²) in [5, 5.41) is 9.83. The third-order valence-corrected chi connectivity index (χ3v) is 3.17. The van der Waals surface area contributed by atoms with E-state index in [-0.39, 0.29) is 5.75 Å². The van der Waals surface area contributed by atoms with Crippen LogP contribution in [0.4, 0.5) is 0 Å². The molecular formula is C16H24O2. The first-order valence-electron chi connectivity index (χ1n) is 6.74. The molecule has 0 heterocycles. The molecule has 1 aromatic rings. The van der Waals surface area contributed by atoms with Crippen LogP contribution >= 0.6 is 0 Å². The number of unbranched alkanes of at least 4 members (excludes halogenated alkanes) is 4. The van der Waals surface area contributed by atoms with Gasteiger partial charge in [0.05, 0.1) is 7.11 Å². The summed E-state index contributed by atoms with van der Waals surface area (Å²) in [5.41, 5.74) is 1.80. The fourth-order valence-corrected chi connectivity index (χ4v) is 2.00. The van der Waals surface area contributed by atoms with Crippen molar-refractivity contribution in [1.82, 2.24) is 0 Å². The van der Waals surface area contributed by atoms with Gasteiger partial charge in [0.2, 0.25) is 0 Å². The Bertz CT molecular complexity index is 383.